The van der Waals surface area contributed by atoms with Gasteiger partial charge in [-0.2, -0.15) is 0 Å². The SMILES string of the molecule is C=C1CC2(COC(C)(C)OC2)C1. The molecule has 0 aromatic carbocycles. The maximum atomic E-state index is 5.61. The second-order valence-electron chi connectivity index (χ2n) is 4.58. The number of hydrogen-bond donors (Lipinski definition) is 0. The monoisotopic (exact) mass is 168 g/mol. The van der Waals surface area contributed by atoms with E-state index in [2.05, 4.69) is 6.58 Å². The molecule has 0 N–H and O–H groups in total. The Hall–Kier alpha value is -0.340. The topological polar surface area (TPSA) is 18.5 Å². The van der Waals surface area contributed by atoms with Crippen molar-refractivity contribution in [2.75, 3.05) is 13.2 Å². The smallest absolute Gasteiger partial charge is 0.162 e. The standard InChI is InChI=1S/C10H16O2/c1-8-4-10(5-8)6-11-9(2,3)12-7-10/h1,4-7H2,2-3H3. The summed E-state index contributed by atoms with van der Waals surface area (Å²) in [5.74, 6) is -0.373. The molecule has 0 atom stereocenters. The van der Waals surface area contributed by atoms with Crippen LogP contribution in [0.2, 0.25) is 0 Å². The Labute approximate surface area is 73.5 Å². The minimum Gasteiger partial charge on any atom is -0.350 e. The molecule has 2 heteroatoms. The summed E-state index contributed by atoms with van der Waals surface area (Å²) in [6, 6.07) is 0. The van der Waals surface area contributed by atoms with Crippen LogP contribution < -0.4 is 0 Å². The van der Waals surface area contributed by atoms with E-state index in [9.17, 15) is 0 Å². The van der Waals surface area contributed by atoms with Gasteiger partial charge in [-0.1, -0.05) is 12.2 Å². The molecule has 2 fully saturated rings. The Morgan fingerprint density at radius 1 is 1.17 bits per heavy atom. The van der Waals surface area contributed by atoms with E-state index in [1.54, 1.807) is 0 Å². The van der Waals surface area contributed by atoms with Crippen molar-refractivity contribution in [3.8, 4) is 0 Å². The van der Waals surface area contributed by atoms with Crippen LogP contribution in [0.4, 0.5) is 0 Å². The Morgan fingerprint density at radius 2 is 1.67 bits per heavy atom. The van der Waals surface area contributed by atoms with Gasteiger partial charge in [-0.25, -0.2) is 0 Å². The Balaban J connectivity index is 1.95. The van der Waals surface area contributed by atoms with Crippen molar-refractivity contribution in [3.63, 3.8) is 0 Å². The van der Waals surface area contributed by atoms with E-state index in [-0.39, 0.29) is 11.2 Å². The van der Waals surface area contributed by atoms with E-state index in [1.807, 2.05) is 13.8 Å². The zero-order valence-corrected chi connectivity index (χ0v) is 7.85. The molecule has 0 radical (unpaired) electrons. The zero-order chi connectivity index (χ0) is 8.82. The molecule has 68 valence electrons. The third kappa shape index (κ3) is 1.29. The van der Waals surface area contributed by atoms with Crippen molar-refractivity contribution >= 4 is 0 Å². The third-order valence-corrected chi connectivity index (χ3v) is 2.70. The first-order valence-electron chi connectivity index (χ1n) is 4.46. The second kappa shape index (κ2) is 2.33. The molecule has 1 aliphatic carbocycles. The Morgan fingerprint density at radius 3 is 2.08 bits per heavy atom. The van der Waals surface area contributed by atoms with Gasteiger partial charge >= 0.3 is 0 Å². The van der Waals surface area contributed by atoms with Crippen LogP contribution in [0.15, 0.2) is 12.2 Å². The lowest BCUT2D eigenvalue weighted by molar-refractivity contribution is -0.291. The molecule has 0 amide bonds. The summed E-state index contributed by atoms with van der Waals surface area (Å²) in [4.78, 5) is 0. The van der Waals surface area contributed by atoms with E-state index in [0.29, 0.717) is 0 Å². The van der Waals surface area contributed by atoms with Crippen LogP contribution in [-0.4, -0.2) is 19.0 Å². The normalized spacial score (nSPS) is 31.7. The highest BCUT2D eigenvalue weighted by atomic mass is 16.7. The maximum absolute atomic E-state index is 5.61. The molecule has 1 heterocycles. The molecular weight excluding hydrogens is 152 g/mol. The molecular formula is C10H16O2. The second-order valence-corrected chi connectivity index (χ2v) is 4.58. The van der Waals surface area contributed by atoms with Gasteiger partial charge in [-0.15, -0.1) is 0 Å². The molecule has 1 spiro atoms. The minimum absolute atomic E-state index is 0.284. The van der Waals surface area contributed by atoms with E-state index in [0.717, 1.165) is 26.1 Å². The highest BCUT2D eigenvalue weighted by molar-refractivity contribution is 5.16. The van der Waals surface area contributed by atoms with E-state index in [4.69, 9.17) is 9.47 Å². The fraction of sp³-hybridized carbons (Fsp3) is 0.800. The summed E-state index contributed by atoms with van der Waals surface area (Å²) in [7, 11) is 0. The molecule has 0 unspecified atom stereocenters. The van der Waals surface area contributed by atoms with Crippen molar-refractivity contribution in [2.45, 2.75) is 32.5 Å². The van der Waals surface area contributed by atoms with Gasteiger partial charge in [0, 0.05) is 5.41 Å². The van der Waals surface area contributed by atoms with E-state index in [1.165, 1.54) is 5.57 Å². The van der Waals surface area contributed by atoms with Crippen molar-refractivity contribution < 1.29 is 9.47 Å². The van der Waals surface area contributed by atoms with Crippen LogP contribution in [0.3, 0.4) is 0 Å². The van der Waals surface area contributed by atoms with Crippen LogP contribution in [0.1, 0.15) is 26.7 Å². The predicted octanol–water partition coefficient (Wildman–Crippen LogP) is 2.11. The summed E-state index contributed by atoms with van der Waals surface area (Å²) < 4.78 is 11.2. The van der Waals surface area contributed by atoms with Crippen molar-refractivity contribution in [2.24, 2.45) is 5.41 Å². The Kier molecular flexibility index (Phi) is 1.61. The predicted molar refractivity (Wildman–Crippen MR) is 46.8 cm³/mol. The van der Waals surface area contributed by atoms with Gasteiger partial charge in [0.25, 0.3) is 0 Å². The Bertz CT molecular complexity index is 198. The molecule has 0 bridgehead atoms. The van der Waals surface area contributed by atoms with Crippen LogP contribution in [0, 0.1) is 5.41 Å². The molecule has 0 aromatic heterocycles. The lowest BCUT2D eigenvalue weighted by Crippen LogP contribution is -2.50. The van der Waals surface area contributed by atoms with Gasteiger partial charge in [-0.3, -0.25) is 0 Å². The summed E-state index contributed by atoms with van der Waals surface area (Å²) in [5.41, 5.74) is 1.62. The quantitative estimate of drug-likeness (QED) is 0.516. The molecule has 1 saturated heterocycles. The van der Waals surface area contributed by atoms with Gasteiger partial charge in [0.05, 0.1) is 13.2 Å². The average Bonchev–Trinajstić information content (AvgIpc) is 1.92. The molecule has 1 aliphatic heterocycles. The third-order valence-electron chi connectivity index (χ3n) is 2.70. The average molecular weight is 168 g/mol. The first-order chi connectivity index (χ1) is 5.52. The van der Waals surface area contributed by atoms with Crippen molar-refractivity contribution in [3.05, 3.63) is 12.2 Å². The number of rotatable bonds is 0. The summed E-state index contributed by atoms with van der Waals surface area (Å²) in [6.07, 6.45) is 2.17. The lowest BCUT2D eigenvalue weighted by atomic mass is 9.66. The van der Waals surface area contributed by atoms with E-state index < -0.39 is 0 Å². The first kappa shape index (κ1) is 8.27. The van der Waals surface area contributed by atoms with Gasteiger partial charge in [0.2, 0.25) is 0 Å². The first-order valence-corrected chi connectivity index (χ1v) is 4.46. The van der Waals surface area contributed by atoms with Gasteiger partial charge in [0.15, 0.2) is 5.79 Å². The number of hydrogen-bond acceptors (Lipinski definition) is 2. The van der Waals surface area contributed by atoms with Gasteiger partial charge in [-0.05, 0) is 26.7 Å². The minimum atomic E-state index is -0.373. The summed E-state index contributed by atoms with van der Waals surface area (Å²) in [6.45, 7) is 9.53. The van der Waals surface area contributed by atoms with Crippen LogP contribution in [-0.2, 0) is 9.47 Å². The highest BCUT2D eigenvalue weighted by Crippen LogP contribution is 2.48. The number of allylic oxidation sites excluding steroid dienone is 1. The molecule has 2 nitrogen and oxygen atoms in total. The van der Waals surface area contributed by atoms with E-state index >= 15 is 0 Å². The molecule has 2 aliphatic rings. The molecule has 12 heavy (non-hydrogen) atoms. The van der Waals surface area contributed by atoms with Crippen molar-refractivity contribution in [1.82, 2.24) is 0 Å². The fourth-order valence-corrected chi connectivity index (χ4v) is 1.95. The fourth-order valence-electron chi connectivity index (χ4n) is 1.95. The van der Waals surface area contributed by atoms with Crippen LogP contribution >= 0.6 is 0 Å². The van der Waals surface area contributed by atoms with Crippen LogP contribution in [0.5, 0.6) is 0 Å². The van der Waals surface area contributed by atoms with Gasteiger partial charge < -0.3 is 9.47 Å². The maximum Gasteiger partial charge on any atom is 0.162 e. The lowest BCUT2D eigenvalue weighted by Gasteiger charge is -2.49. The van der Waals surface area contributed by atoms with Gasteiger partial charge in [0.1, 0.15) is 0 Å². The summed E-state index contributed by atoms with van der Waals surface area (Å²) in [5, 5.41) is 0. The zero-order valence-electron chi connectivity index (χ0n) is 7.85. The van der Waals surface area contributed by atoms with Crippen LogP contribution in [0.25, 0.3) is 0 Å². The molecule has 2 rings (SSSR count). The van der Waals surface area contributed by atoms with Crippen molar-refractivity contribution in [1.29, 1.82) is 0 Å². The highest BCUT2D eigenvalue weighted by Gasteiger charge is 2.45. The molecule has 0 aromatic rings. The summed E-state index contributed by atoms with van der Waals surface area (Å²) >= 11 is 0. The largest absolute Gasteiger partial charge is 0.350 e. The number of ether oxygens (including phenoxy) is 2. The molecule has 1 saturated carbocycles.